The van der Waals surface area contributed by atoms with Gasteiger partial charge in [0, 0.05) is 13.1 Å². The topological polar surface area (TPSA) is 62.7 Å². The average molecular weight is 316 g/mol. The first-order valence-electron chi connectivity index (χ1n) is 5.91. The van der Waals surface area contributed by atoms with Crippen molar-refractivity contribution >= 4 is 35.1 Å². The van der Waals surface area contributed by atoms with Gasteiger partial charge in [-0.3, -0.25) is 0 Å². The van der Waals surface area contributed by atoms with Gasteiger partial charge in [0.05, 0.1) is 5.02 Å². The second kappa shape index (κ2) is 6.67. The molecule has 1 aromatic carbocycles. The third-order valence-electron chi connectivity index (χ3n) is 2.38. The highest BCUT2D eigenvalue weighted by atomic mass is 35.5. The van der Waals surface area contributed by atoms with Crippen LogP contribution in [0.4, 0.5) is 16.3 Å². The van der Waals surface area contributed by atoms with Crippen LogP contribution in [0.3, 0.4) is 0 Å². The van der Waals surface area contributed by atoms with E-state index in [0.29, 0.717) is 25.0 Å². The Bertz CT molecular complexity index is 608. The molecular formula is C12H12Cl2FN5. The summed E-state index contributed by atoms with van der Waals surface area (Å²) < 4.78 is 13.0. The Morgan fingerprint density at radius 1 is 1.10 bits per heavy atom. The first kappa shape index (κ1) is 14.7. The van der Waals surface area contributed by atoms with Gasteiger partial charge < -0.3 is 10.6 Å². The molecule has 0 unspecified atom stereocenters. The SMILES string of the molecule is CCNc1nc(Cl)nc(NCc2ccc(F)c(Cl)c2)n1. The zero-order valence-electron chi connectivity index (χ0n) is 10.6. The number of hydrogen-bond donors (Lipinski definition) is 2. The highest BCUT2D eigenvalue weighted by Crippen LogP contribution is 2.17. The lowest BCUT2D eigenvalue weighted by atomic mass is 10.2. The minimum Gasteiger partial charge on any atom is -0.354 e. The molecule has 2 rings (SSSR count). The van der Waals surface area contributed by atoms with Crippen molar-refractivity contribution in [2.75, 3.05) is 17.2 Å². The molecule has 20 heavy (non-hydrogen) atoms. The molecule has 0 amide bonds. The van der Waals surface area contributed by atoms with Crippen molar-refractivity contribution in [3.8, 4) is 0 Å². The van der Waals surface area contributed by atoms with Crippen LogP contribution in [0.15, 0.2) is 18.2 Å². The van der Waals surface area contributed by atoms with Crippen molar-refractivity contribution in [3.05, 3.63) is 39.9 Å². The van der Waals surface area contributed by atoms with Gasteiger partial charge in [0.25, 0.3) is 0 Å². The predicted octanol–water partition coefficient (Wildman–Crippen LogP) is 3.36. The maximum Gasteiger partial charge on any atom is 0.229 e. The zero-order valence-corrected chi connectivity index (χ0v) is 12.1. The molecule has 0 aliphatic rings. The van der Waals surface area contributed by atoms with Gasteiger partial charge in [-0.15, -0.1) is 0 Å². The Morgan fingerprint density at radius 2 is 1.80 bits per heavy atom. The molecule has 0 aliphatic carbocycles. The summed E-state index contributed by atoms with van der Waals surface area (Å²) in [4.78, 5) is 12.0. The summed E-state index contributed by atoms with van der Waals surface area (Å²) in [5.41, 5.74) is 0.804. The summed E-state index contributed by atoms with van der Waals surface area (Å²) in [5, 5.41) is 6.09. The molecule has 106 valence electrons. The van der Waals surface area contributed by atoms with Crippen LogP contribution >= 0.6 is 23.2 Å². The Kier molecular flexibility index (Phi) is 4.92. The summed E-state index contributed by atoms with van der Waals surface area (Å²) in [6, 6.07) is 4.48. The average Bonchev–Trinajstić information content (AvgIpc) is 2.40. The Hall–Kier alpha value is -1.66. The van der Waals surface area contributed by atoms with E-state index in [0.717, 1.165) is 5.56 Å². The van der Waals surface area contributed by atoms with E-state index >= 15 is 0 Å². The molecule has 0 aliphatic heterocycles. The quantitative estimate of drug-likeness (QED) is 0.885. The Labute approximate surface area is 125 Å². The second-order valence-corrected chi connectivity index (χ2v) is 4.63. The zero-order chi connectivity index (χ0) is 14.5. The fourth-order valence-electron chi connectivity index (χ4n) is 1.50. The van der Waals surface area contributed by atoms with E-state index in [1.807, 2.05) is 6.92 Å². The highest BCUT2D eigenvalue weighted by Gasteiger charge is 2.05. The summed E-state index contributed by atoms with van der Waals surface area (Å²) in [5.74, 6) is 0.279. The van der Waals surface area contributed by atoms with Crippen LogP contribution in [0.25, 0.3) is 0 Å². The van der Waals surface area contributed by atoms with Gasteiger partial charge in [0.2, 0.25) is 17.2 Å². The van der Waals surface area contributed by atoms with Crippen molar-refractivity contribution in [1.29, 1.82) is 0 Å². The number of nitrogens with zero attached hydrogens (tertiary/aromatic N) is 3. The van der Waals surface area contributed by atoms with Crippen molar-refractivity contribution < 1.29 is 4.39 Å². The summed E-state index contributed by atoms with van der Waals surface area (Å²) in [6.45, 7) is 2.99. The number of halogens is 3. The maximum atomic E-state index is 13.0. The number of benzene rings is 1. The number of anilines is 2. The number of nitrogens with one attached hydrogen (secondary N) is 2. The van der Waals surface area contributed by atoms with Crippen LogP contribution in [0.1, 0.15) is 12.5 Å². The Balaban J connectivity index is 2.08. The van der Waals surface area contributed by atoms with Gasteiger partial charge in [0.1, 0.15) is 5.82 Å². The molecular weight excluding hydrogens is 304 g/mol. The van der Waals surface area contributed by atoms with Crippen LogP contribution in [0.5, 0.6) is 0 Å². The van der Waals surface area contributed by atoms with Gasteiger partial charge in [-0.1, -0.05) is 17.7 Å². The first-order chi connectivity index (χ1) is 9.58. The third-order valence-corrected chi connectivity index (χ3v) is 2.84. The molecule has 0 saturated carbocycles. The number of hydrogen-bond acceptors (Lipinski definition) is 5. The van der Waals surface area contributed by atoms with Gasteiger partial charge in [-0.25, -0.2) is 4.39 Å². The van der Waals surface area contributed by atoms with Crippen LogP contribution in [-0.2, 0) is 6.54 Å². The van der Waals surface area contributed by atoms with E-state index in [2.05, 4.69) is 25.6 Å². The van der Waals surface area contributed by atoms with Crippen LogP contribution < -0.4 is 10.6 Å². The molecule has 0 atom stereocenters. The normalized spacial score (nSPS) is 10.4. The molecule has 1 heterocycles. The van der Waals surface area contributed by atoms with Crippen molar-refractivity contribution in [2.24, 2.45) is 0 Å². The summed E-state index contributed by atoms with van der Waals surface area (Å²) in [7, 11) is 0. The molecule has 8 heteroatoms. The Morgan fingerprint density at radius 3 is 2.45 bits per heavy atom. The lowest BCUT2D eigenvalue weighted by molar-refractivity contribution is 0.627. The summed E-state index contributed by atoms with van der Waals surface area (Å²) in [6.07, 6.45) is 0. The van der Waals surface area contributed by atoms with Crippen molar-refractivity contribution in [3.63, 3.8) is 0 Å². The molecule has 0 saturated heterocycles. The molecule has 0 spiro atoms. The molecule has 0 fully saturated rings. The van der Waals surface area contributed by atoms with E-state index in [9.17, 15) is 4.39 Å². The predicted molar refractivity (Wildman–Crippen MR) is 77.7 cm³/mol. The van der Waals surface area contributed by atoms with Crippen LogP contribution in [-0.4, -0.2) is 21.5 Å². The molecule has 5 nitrogen and oxygen atoms in total. The molecule has 1 aromatic heterocycles. The molecule has 0 bridgehead atoms. The minimum absolute atomic E-state index is 0.0753. The van der Waals surface area contributed by atoms with Gasteiger partial charge in [0.15, 0.2) is 0 Å². The largest absolute Gasteiger partial charge is 0.354 e. The van der Waals surface area contributed by atoms with Crippen molar-refractivity contribution in [1.82, 2.24) is 15.0 Å². The summed E-state index contributed by atoms with van der Waals surface area (Å²) >= 11 is 11.5. The highest BCUT2D eigenvalue weighted by molar-refractivity contribution is 6.30. The molecule has 0 radical (unpaired) electrons. The second-order valence-electron chi connectivity index (χ2n) is 3.88. The smallest absolute Gasteiger partial charge is 0.229 e. The van der Waals surface area contributed by atoms with Gasteiger partial charge in [-0.05, 0) is 36.2 Å². The molecule has 2 aromatic rings. The number of rotatable bonds is 5. The number of aromatic nitrogens is 3. The van der Waals surface area contributed by atoms with Crippen LogP contribution in [0.2, 0.25) is 10.3 Å². The third kappa shape index (κ3) is 3.91. The van der Waals surface area contributed by atoms with Gasteiger partial charge in [-0.2, -0.15) is 15.0 Å². The van der Waals surface area contributed by atoms with Crippen molar-refractivity contribution in [2.45, 2.75) is 13.5 Å². The fraction of sp³-hybridized carbons (Fsp3) is 0.250. The monoisotopic (exact) mass is 315 g/mol. The molecule has 2 N–H and O–H groups in total. The first-order valence-corrected chi connectivity index (χ1v) is 6.67. The van der Waals surface area contributed by atoms with E-state index < -0.39 is 5.82 Å². The lowest BCUT2D eigenvalue weighted by Gasteiger charge is -2.07. The lowest BCUT2D eigenvalue weighted by Crippen LogP contribution is -2.09. The van der Waals surface area contributed by atoms with Crippen LogP contribution in [0, 0.1) is 5.82 Å². The van der Waals surface area contributed by atoms with E-state index in [1.165, 1.54) is 12.1 Å². The standard InChI is InChI=1S/C12H12Cl2FN5/c1-2-16-11-18-10(14)19-12(20-11)17-6-7-3-4-9(15)8(13)5-7/h3-5H,2,6H2,1H3,(H2,16,17,18,19,20). The van der Waals surface area contributed by atoms with E-state index in [1.54, 1.807) is 6.07 Å². The maximum absolute atomic E-state index is 13.0. The fourth-order valence-corrected chi connectivity index (χ4v) is 1.86. The van der Waals surface area contributed by atoms with Gasteiger partial charge >= 0.3 is 0 Å². The van der Waals surface area contributed by atoms with E-state index in [4.69, 9.17) is 23.2 Å². The van der Waals surface area contributed by atoms with E-state index in [-0.39, 0.29) is 10.3 Å². The minimum atomic E-state index is -0.451.